The molecule has 0 saturated carbocycles. The third-order valence-electron chi connectivity index (χ3n) is 11.0. The normalized spacial score (nSPS) is 10.5. The number of esters is 1. The van der Waals surface area contributed by atoms with Gasteiger partial charge in [-0.2, -0.15) is 0 Å². The van der Waals surface area contributed by atoms with E-state index < -0.39 is 41.0 Å². The molecule has 0 unspecified atom stereocenters. The average Bonchev–Trinajstić information content (AvgIpc) is 3.95. The summed E-state index contributed by atoms with van der Waals surface area (Å²) in [7, 11) is 1.28. The molecule has 6 aromatic carbocycles. The summed E-state index contributed by atoms with van der Waals surface area (Å²) in [5.74, 6) is -2.23. The number of nitrogens with one attached hydrogen (secondary N) is 1. The van der Waals surface area contributed by atoms with Gasteiger partial charge in [0.05, 0.1) is 29.6 Å². The molecule has 0 aliphatic rings. The summed E-state index contributed by atoms with van der Waals surface area (Å²) in [4.78, 5) is 35.9. The van der Waals surface area contributed by atoms with Crippen molar-refractivity contribution >= 4 is 45.2 Å². The number of amides is 1. The number of aromatic carboxylic acids is 1. The molecule has 74 heavy (non-hydrogen) atoms. The van der Waals surface area contributed by atoms with Crippen molar-refractivity contribution < 1.29 is 55.7 Å². The van der Waals surface area contributed by atoms with Gasteiger partial charge >= 0.3 is 11.9 Å². The fourth-order valence-corrected chi connectivity index (χ4v) is 7.97. The van der Waals surface area contributed by atoms with E-state index in [1.807, 2.05) is 42.7 Å². The Kier molecular flexibility index (Phi) is 18.2. The first-order chi connectivity index (χ1) is 35.3. The van der Waals surface area contributed by atoms with Crippen molar-refractivity contribution in [2.75, 3.05) is 18.2 Å². The van der Waals surface area contributed by atoms with Gasteiger partial charge in [0.25, 0.3) is 0 Å². The lowest BCUT2D eigenvalue weighted by atomic mass is 10.1. The topological polar surface area (TPSA) is 147 Å². The van der Waals surface area contributed by atoms with Gasteiger partial charge in [-0.05, 0) is 142 Å². The number of hydrogen-bond donors (Lipinski definition) is 3. The summed E-state index contributed by atoms with van der Waals surface area (Å²) >= 11 is 3.48. The number of hydrogen-bond acceptors (Lipinski definition) is 7. The molecular weight excluding hydrogens is 1030 g/mol. The molecule has 4 N–H and O–H groups in total. The molecule has 0 bridgehead atoms. The highest BCUT2D eigenvalue weighted by molar-refractivity contribution is 9.10. The molecule has 0 aliphatic carbocycles. The van der Waals surface area contributed by atoms with Crippen LogP contribution in [0.15, 0.2) is 138 Å². The number of aryl methyl sites for hydroxylation is 2. The minimum absolute atomic E-state index is 0.0143. The van der Waals surface area contributed by atoms with Crippen molar-refractivity contribution in [2.24, 2.45) is 0 Å². The second kappa shape index (κ2) is 24.7. The van der Waals surface area contributed by atoms with Crippen LogP contribution < -0.4 is 20.5 Å². The van der Waals surface area contributed by atoms with Crippen LogP contribution in [0, 0.1) is 55.3 Å². The fraction of sp³-hybridized carbons (Fsp3) is 0.140. The lowest BCUT2D eigenvalue weighted by Crippen LogP contribution is -2.11. The second-order valence-corrected chi connectivity index (χ2v) is 17.2. The van der Waals surface area contributed by atoms with Crippen LogP contribution in [0.5, 0.6) is 11.5 Å². The molecule has 1 amide bonds. The van der Waals surface area contributed by atoms with Crippen LogP contribution in [0.3, 0.4) is 0 Å². The maximum absolute atomic E-state index is 14.3. The summed E-state index contributed by atoms with van der Waals surface area (Å²) in [6.45, 7) is 6.77. The number of carbonyl (C=O) groups excluding carboxylic acids is 2. The molecule has 2 heterocycles. The third-order valence-corrected chi connectivity index (χ3v) is 11.5. The highest BCUT2D eigenvalue weighted by Gasteiger charge is 2.20. The van der Waals surface area contributed by atoms with Crippen molar-refractivity contribution in [1.29, 1.82) is 0 Å². The van der Waals surface area contributed by atoms with E-state index in [9.17, 15) is 41.4 Å². The van der Waals surface area contributed by atoms with E-state index in [1.165, 1.54) is 61.7 Å². The van der Waals surface area contributed by atoms with Crippen LogP contribution in [0.1, 0.15) is 63.5 Å². The molecular formula is C57H48BrF5N4O7. The average molecular weight is 1080 g/mol. The monoisotopic (exact) mass is 1070 g/mol. The number of nitrogens with zero attached hydrogens (tertiary/aromatic N) is 2. The van der Waals surface area contributed by atoms with Crippen LogP contribution in [-0.4, -0.2) is 39.2 Å². The largest absolute Gasteiger partial charge is 0.488 e. The second-order valence-electron chi connectivity index (χ2n) is 16.3. The molecule has 0 atom stereocenters. The predicted octanol–water partition coefficient (Wildman–Crippen LogP) is 13.6. The van der Waals surface area contributed by atoms with Gasteiger partial charge in [0.15, 0.2) is 0 Å². The van der Waals surface area contributed by atoms with Gasteiger partial charge in [-0.25, -0.2) is 31.5 Å². The molecule has 0 radical (unpaired) electrons. The quantitative estimate of drug-likeness (QED) is 0.0422. The van der Waals surface area contributed by atoms with Gasteiger partial charge < -0.3 is 39.5 Å². The molecule has 17 heteroatoms. The van der Waals surface area contributed by atoms with Crippen LogP contribution in [0.2, 0.25) is 0 Å². The van der Waals surface area contributed by atoms with E-state index in [-0.39, 0.29) is 47.8 Å². The van der Waals surface area contributed by atoms with Gasteiger partial charge in [0.2, 0.25) is 5.91 Å². The number of nitrogens with two attached hydrogens (primary N) is 1. The number of halogens is 6. The SMILES string of the molecule is C#CC.CCC(=O)Nc1cc(C(=O)O)cc(-n2c(C)ccc2-c2cc(Br)ccc2OCc2ccc(F)cc2F)c1.COC(=O)c1cc(N)cc(-n2c(C)ccc2-c2cc(F)ccc2OCc2ccc(F)cc2F)c1. The van der Waals surface area contributed by atoms with Gasteiger partial charge in [-0.1, -0.05) is 22.9 Å². The van der Waals surface area contributed by atoms with Crippen molar-refractivity contribution in [1.82, 2.24) is 9.13 Å². The maximum Gasteiger partial charge on any atom is 0.337 e. The standard InChI is InChI=1S/C28H23BrF2N2O4.C26H21F3N2O3.C3H4/c1-3-27(34)32-21-10-18(28(35)36)11-22(14-21)33-16(2)4-8-25(33)23-12-19(29)6-9-26(23)37-15-17-5-7-20(30)13-24(17)31;1-15-3-7-24(31(15)21-10-17(26(32)33-2)9-20(30)13-21)22-11-18(27)6-8-25(22)34-14-16-4-5-19(28)12-23(16)29;1-3-2/h4-14H,3,15H2,1-2H3,(H,32,34)(H,35,36);3-13H,14,30H2,1-2H3;1H,2H3. The highest BCUT2D eigenvalue weighted by Crippen LogP contribution is 2.38. The van der Waals surface area contributed by atoms with Crippen molar-refractivity contribution in [3.63, 3.8) is 0 Å². The van der Waals surface area contributed by atoms with E-state index in [1.54, 1.807) is 54.8 Å². The smallest absolute Gasteiger partial charge is 0.337 e. The molecule has 0 aliphatic heterocycles. The first kappa shape index (κ1) is 54.7. The van der Waals surface area contributed by atoms with Gasteiger partial charge in [0.1, 0.15) is 53.8 Å². The van der Waals surface area contributed by atoms with Gasteiger partial charge in [-0.15, -0.1) is 12.3 Å². The van der Waals surface area contributed by atoms with Crippen LogP contribution in [0.25, 0.3) is 33.9 Å². The number of ether oxygens (including phenoxy) is 3. The molecule has 0 saturated heterocycles. The summed E-state index contributed by atoms with van der Waals surface area (Å²) in [6.07, 6.45) is 4.84. The molecule has 8 aromatic rings. The number of terminal acetylenes is 1. The first-order valence-corrected chi connectivity index (χ1v) is 23.3. The van der Waals surface area contributed by atoms with Crippen molar-refractivity contribution in [3.05, 3.63) is 201 Å². The number of nitrogen functional groups attached to an aromatic ring is 1. The number of benzene rings is 6. The van der Waals surface area contributed by atoms with E-state index in [4.69, 9.17) is 19.9 Å². The summed E-state index contributed by atoms with van der Waals surface area (Å²) < 4.78 is 90.0. The number of carboxylic acid groups (broad SMARTS) is 1. The predicted molar refractivity (Wildman–Crippen MR) is 277 cm³/mol. The summed E-state index contributed by atoms with van der Waals surface area (Å²) in [5.41, 5.74) is 12.4. The summed E-state index contributed by atoms with van der Waals surface area (Å²) in [6, 6.07) is 32.6. The minimum atomic E-state index is -1.13. The van der Waals surface area contributed by atoms with Crippen LogP contribution >= 0.6 is 15.9 Å². The molecule has 11 nitrogen and oxygen atoms in total. The van der Waals surface area contributed by atoms with Gasteiger partial charge in [-0.3, -0.25) is 4.79 Å². The van der Waals surface area contributed by atoms with E-state index in [0.29, 0.717) is 56.8 Å². The Labute approximate surface area is 432 Å². The number of rotatable bonds is 14. The number of carboxylic acids is 1. The zero-order valence-corrected chi connectivity index (χ0v) is 42.1. The fourth-order valence-electron chi connectivity index (χ4n) is 7.61. The van der Waals surface area contributed by atoms with Crippen LogP contribution in [-0.2, 0) is 22.7 Å². The van der Waals surface area contributed by atoms with Crippen molar-refractivity contribution in [3.8, 4) is 57.7 Å². The lowest BCUT2D eigenvalue weighted by molar-refractivity contribution is -0.115. The minimum Gasteiger partial charge on any atom is -0.488 e. The molecule has 0 fully saturated rings. The Morgan fingerprint density at radius 3 is 1.66 bits per heavy atom. The van der Waals surface area contributed by atoms with Gasteiger partial charge in [0, 0.05) is 79.4 Å². The van der Waals surface area contributed by atoms with E-state index in [2.05, 4.69) is 33.6 Å². The lowest BCUT2D eigenvalue weighted by Gasteiger charge is -2.18. The number of carbonyl (C=O) groups is 3. The first-order valence-electron chi connectivity index (χ1n) is 22.5. The Morgan fingerprint density at radius 1 is 0.662 bits per heavy atom. The van der Waals surface area contributed by atoms with Crippen molar-refractivity contribution in [2.45, 2.75) is 47.3 Å². The number of aromatic nitrogens is 2. The number of anilines is 2. The number of methoxy groups -OCH3 is 1. The molecule has 8 rings (SSSR count). The maximum atomic E-state index is 14.3. The Hall–Kier alpha value is -8.62. The zero-order chi connectivity index (χ0) is 53.8. The summed E-state index contributed by atoms with van der Waals surface area (Å²) in [5, 5.41) is 12.4. The molecule has 380 valence electrons. The van der Waals surface area contributed by atoms with Crippen LogP contribution in [0.4, 0.5) is 33.3 Å². The van der Waals surface area contributed by atoms with E-state index >= 15 is 0 Å². The third kappa shape index (κ3) is 13.5. The highest BCUT2D eigenvalue weighted by atomic mass is 79.9. The zero-order valence-electron chi connectivity index (χ0n) is 40.5. The Balaban J connectivity index is 0.000000230. The Bertz CT molecular complexity index is 3420. The molecule has 2 aromatic heterocycles. The van der Waals surface area contributed by atoms with E-state index in [0.717, 1.165) is 34.1 Å². The molecule has 0 spiro atoms. The Morgan fingerprint density at radius 2 is 1.15 bits per heavy atom.